The molecule has 0 saturated carbocycles. The van der Waals surface area contributed by atoms with Gasteiger partial charge in [-0.3, -0.25) is 0 Å². The van der Waals surface area contributed by atoms with Gasteiger partial charge < -0.3 is 18.9 Å². The summed E-state index contributed by atoms with van der Waals surface area (Å²) in [5.74, 6) is 0.970. The van der Waals surface area contributed by atoms with Crippen LogP contribution in [0.4, 0.5) is 0 Å². The molecule has 0 saturated heterocycles. The van der Waals surface area contributed by atoms with Gasteiger partial charge in [0.15, 0.2) is 11.5 Å². The SMILES string of the molecule is C=C(C)C(=O)Oc1ccc(-c2ccc3c(sc4c(OC)c(OC(=O)C(=C)C)ccc43)c2OC)cc1. The fourth-order valence-electron chi connectivity index (χ4n) is 3.62. The van der Waals surface area contributed by atoms with E-state index in [1.54, 1.807) is 46.3 Å². The molecule has 6 nitrogen and oxygen atoms in total. The van der Waals surface area contributed by atoms with Gasteiger partial charge in [0, 0.05) is 27.5 Å². The van der Waals surface area contributed by atoms with Crippen LogP contribution < -0.4 is 18.9 Å². The zero-order valence-corrected chi connectivity index (χ0v) is 20.7. The van der Waals surface area contributed by atoms with Crippen LogP contribution in [0.2, 0.25) is 0 Å². The van der Waals surface area contributed by atoms with E-state index < -0.39 is 11.9 Å². The van der Waals surface area contributed by atoms with Crippen LogP contribution >= 0.6 is 11.3 Å². The van der Waals surface area contributed by atoms with Gasteiger partial charge in [-0.05, 0) is 49.7 Å². The van der Waals surface area contributed by atoms with E-state index in [2.05, 4.69) is 13.2 Å². The van der Waals surface area contributed by atoms with Crippen LogP contribution in [-0.2, 0) is 9.59 Å². The Balaban J connectivity index is 1.81. The Hall–Kier alpha value is -4.10. The second-order valence-corrected chi connectivity index (χ2v) is 8.98. The van der Waals surface area contributed by atoms with Crippen LogP contribution in [-0.4, -0.2) is 26.2 Å². The molecule has 4 aromatic rings. The van der Waals surface area contributed by atoms with E-state index in [4.69, 9.17) is 18.9 Å². The van der Waals surface area contributed by atoms with Gasteiger partial charge in [0.05, 0.1) is 23.6 Å². The van der Waals surface area contributed by atoms with Crippen LogP contribution in [0, 0.1) is 0 Å². The summed E-state index contributed by atoms with van der Waals surface area (Å²) in [7, 11) is 3.17. The first-order chi connectivity index (χ1) is 16.7. The second kappa shape index (κ2) is 9.64. The first-order valence-electron chi connectivity index (χ1n) is 10.7. The minimum atomic E-state index is -0.513. The highest BCUT2D eigenvalue weighted by Gasteiger charge is 2.21. The van der Waals surface area contributed by atoms with Gasteiger partial charge in [-0.15, -0.1) is 11.3 Å². The van der Waals surface area contributed by atoms with Crippen molar-refractivity contribution < 1.29 is 28.5 Å². The Morgan fingerprint density at radius 3 is 1.83 bits per heavy atom. The number of benzene rings is 3. The van der Waals surface area contributed by atoms with Crippen molar-refractivity contribution in [1.29, 1.82) is 0 Å². The van der Waals surface area contributed by atoms with E-state index in [1.165, 1.54) is 11.3 Å². The van der Waals surface area contributed by atoms with Gasteiger partial charge in [0.25, 0.3) is 0 Å². The van der Waals surface area contributed by atoms with E-state index >= 15 is 0 Å². The Labute approximate surface area is 207 Å². The summed E-state index contributed by atoms with van der Waals surface area (Å²) >= 11 is 1.49. The molecule has 1 heterocycles. The predicted octanol–water partition coefficient (Wildman–Crippen LogP) is 6.70. The average Bonchev–Trinajstić information content (AvgIpc) is 3.22. The largest absolute Gasteiger partial charge is 0.495 e. The molecule has 1 aromatic heterocycles. The van der Waals surface area contributed by atoms with Crippen molar-refractivity contribution >= 4 is 43.4 Å². The molecule has 0 fully saturated rings. The van der Waals surface area contributed by atoms with Gasteiger partial charge in [-0.25, -0.2) is 9.59 Å². The van der Waals surface area contributed by atoms with Crippen molar-refractivity contribution in [3.63, 3.8) is 0 Å². The third-order valence-electron chi connectivity index (χ3n) is 5.37. The molecule has 3 aromatic carbocycles. The normalized spacial score (nSPS) is 10.7. The lowest BCUT2D eigenvalue weighted by molar-refractivity contribution is -0.131. The van der Waals surface area contributed by atoms with Gasteiger partial charge in [0.1, 0.15) is 11.5 Å². The number of esters is 2. The van der Waals surface area contributed by atoms with Crippen molar-refractivity contribution in [1.82, 2.24) is 0 Å². The Bertz CT molecular complexity index is 1490. The van der Waals surface area contributed by atoms with E-state index in [0.29, 0.717) is 34.1 Å². The molecule has 0 aliphatic heterocycles. The van der Waals surface area contributed by atoms with Crippen LogP contribution in [0.3, 0.4) is 0 Å². The number of rotatable bonds is 7. The fraction of sp³-hybridized carbons (Fsp3) is 0.143. The highest BCUT2D eigenvalue weighted by molar-refractivity contribution is 7.26. The molecule has 0 unspecified atom stereocenters. The molecule has 35 heavy (non-hydrogen) atoms. The summed E-state index contributed by atoms with van der Waals surface area (Å²) in [5.41, 5.74) is 2.42. The predicted molar refractivity (Wildman–Crippen MR) is 139 cm³/mol. The molecular weight excluding hydrogens is 464 g/mol. The van der Waals surface area contributed by atoms with Crippen LogP contribution in [0.25, 0.3) is 31.3 Å². The molecule has 7 heteroatoms. The smallest absolute Gasteiger partial charge is 0.338 e. The number of ether oxygens (including phenoxy) is 4. The number of carbonyl (C=O) groups is 2. The van der Waals surface area contributed by atoms with Crippen LogP contribution in [0.5, 0.6) is 23.0 Å². The van der Waals surface area contributed by atoms with E-state index in [1.807, 2.05) is 30.3 Å². The Morgan fingerprint density at radius 2 is 1.26 bits per heavy atom. The number of fused-ring (bicyclic) bond motifs is 3. The van der Waals surface area contributed by atoms with Crippen molar-refractivity contribution in [2.24, 2.45) is 0 Å². The molecule has 0 amide bonds. The first-order valence-corrected chi connectivity index (χ1v) is 11.5. The summed E-state index contributed by atoms with van der Waals surface area (Å²) < 4.78 is 24.0. The van der Waals surface area contributed by atoms with Gasteiger partial charge in [-0.1, -0.05) is 31.4 Å². The minimum Gasteiger partial charge on any atom is -0.495 e. The summed E-state index contributed by atoms with van der Waals surface area (Å²) in [6.07, 6.45) is 0. The standard InChI is InChI=1S/C28H24O6S/c1-15(2)27(29)33-18-9-7-17(8-10-18)19-11-12-20-21-13-14-22(34-28(30)16(3)4)24(32-6)26(21)35-25(20)23(19)31-5/h7-14H,1,3H2,2,4-6H3. The molecule has 0 atom stereocenters. The van der Waals surface area contributed by atoms with Crippen molar-refractivity contribution in [3.8, 4) is 34.1 Å². The van der Waals surface area contributed by atoms with Gasteiger partial charge in [-0.2, -0.15) is 0 Å². The number of carbonyl (C=O) groups excluding carboxylic acids is 2. The van der Waals surface area contributed by atoms with Crippen LogP contribution in [0.15, 0.2) is 72.8 Å². The molecule has 4 rings (SSSR count). The van der Waals surface area contributed by atoms with Gasteiger partial charge >= 0.3 is 11.9 Å². The summed E-state index contributed by atoms with van der Waals surface area (Å²) in [4.78, 5) is 23.9. The monoisotopic (exact) mass is 488 g/mol. The maximum atomic E-state index is 12.1. The highest BCUT2D eigenvalue weighted by Crippen LogP contribution is 2.49. The van der Waals surface area contributed by atoms with Crippen molar-refractivity contribution in [3.05, 3.63) is 72.8 Å². The maximum absolute atomic E-state index is 12.1. The molecule has 0 radical (unpaired) electrons. The van der Waals surface area contributed by atoms with Crippen LogP contribution in [0.1, 0.15) is 13.8 Å². The minimum absolute atomic E-state index is 0.301. The topological polar surface area (TPSA) is 71.1 Å². The molecule has 178 valence electrons. The zero-order valence-electron chi connectivity index (χ0n) is 19.9. The number of hydrogen-bond acceptors (Lipinski definition) is 7. The third-order valence-corrected chi connectivity index (χ3v) is 6.59. The lowest BCUT2D eigenvalue weighted by atomic mass is 10.0. The summed E-state index contributed by atoms with van der Waals surface area (Å²) in [6, 6.07) is 14.8. The van der Waals surface area contributed by atoms with E-state index in [0.717, 1.165) is 31.3 Å². The first kappa shape index (κ1) is 24.0. The van der Waals surface area contributed by atoms with Gasteiger partial charge in [0.2, 0.25) is 0 Å². The molecule has 0 bridgehead atoms. The molecule has 0 aliphatic rings. The molecule has 0 spiro atoms. The average molecular weight is 489 g/mol. The number of thiophene rings is 1. The summed E-state index contributed by atoms with van der Waals surface area (Å²) in [6.45, 7) is 10.4. The fourth-order valence-corrected chi connectivity index (χ4v) is 4.97. The molecular formula is C28H24O6S. The summed E-state index contributed by atoms with van der Waals surface area (Å²) in [5, 5.41) is 1.96. The van der Waals surface area contributed by atoms with E-state index in [-0.39, 0.29) is 0 Å². The van der Waals surface area contributed by atoms with E-state index in [9.17, 15) is 9.59 Å². The maximum Gasteiger partial charge on any atom is 0.338 e. The lowest BCUT2D eigenvalue weighted by Crippen LogP contribution is -2.08. The quantitative estimate of drug-likeness (QED) is 0.164. The molecule has 0 aliphatic carbocycles. The third kappa shape index (κ3) is 4.50. The Kier molecular flexibility index (Phi) is 6.62. The Morgan fingerprint density at radius 1 is 0.714 bits per heavy atom. The lowest BCUT2D eigenvalue weighted by Gasteiger charge is -2.11. The van der Waals surface area contributed by atoms with Crippen molar-refractivity contribution in [2.45, 2.75) is 13.8 Å². The van der Waals surface area contributed by atoms with Crippen molar-refractivity contribution in [2.75, 3.05) is 14.2 Å². The number of methoxy groups -OCH3 is 2. The zero-order chi connectivity index (χ0) is 25.3. The number of hydrogen-bond donors (Lipinski definition) is 0. The highest BCUT2D eigenvalue weighted by atomic mass is 32.1. The molecule has 0 N–H and O–H groups in total. The second-order valence-electron chi connectivity index (χ2n) is 7.96.